The van der Waals surface area contributed by atoms with Gasteiger partial charge in [0.1, 0.15) is 0 Å². The average Bonchev–Trinajstić information content (AvgIpc) is 2.77. The highest BCUT2D eigenvalue weighted by atomic mass is 79.9. The number of rotatable bonds is 3. The second kappa shape index (κ2) is 6.40. The molecule has 1 aliphatic rings. The summed E-state index contributed by atoms with van der Waals surface area (Å²) in [6.45, 7) is 2.26. The standard InChI is InChI=1S/C17H20BrNS/c1-12(14-8-5-6-10-19-14)17(18)16-11-13-7-3-2-4-9-15(13)20-16/h5-6,8,10-12,17H,2-4,7,9H2,1H3. The number of alkyl halides is 1. The highest BCUT2D eigenvalue weighted by Crippen LogP contribution is 2.42. The van der Waals surface area contributed by atoms with Crippen molar-refractivity contribution < 1.29 is 0 Å². The van der Waals surface area contributed by atoms with Gasteiger partial charge in [0.15, 0.2) is 0 Å². The van der Waals surface area contributed by atoms with Crippen LogP contribution in [0.4, 0.5) is 0 Å². The van der Waals surface area contributed by atoms with E-state index in [9.17, 15) is 0 Å². The summed E-state index contributed by atoms with van der Waals surface area (Å²) in [6.07, 6.45) is 8.52. The van der Waals surface area contributed by atoms with E-state index in [1.165, 1.54) is 37.0 Å². The van der Waals surface area contributed by atoms with Gasteiger partial charge in [-0.1, -0.05) is 35.3 Å². The van der Waals surface area contributed by atoms with E-state index in [1.54, 1.807) is 10.4 Å². The van der Waals surface area contributed by atoms with Crippen molar-refractivity contribution >= 4 is 27.3 Å². The number of thiophene rings is 1. The van der Waals surface area contributed by atoms with Crippen molar-refractivity contribution in [3.8, 4) is 0 Å². The first-order valence-electron chi connectivity index (χ1n) is 7.42. The van der Waals surface area contributed by atoms with Crippen LogP contribution in [-0.2, 0) is 12.8 Å². The minimum atomic E-state index is 0.370. The first-order valence-corrected chi connectivity index (χ1v) is 9.15. The van der Waals surface area contributed by atoms with Crippen LogP contribution in [0, 0.1) is 0 Å². The van der Waals surface area contributed by atoms with Gasteiger partial charge in [0, 0.05) is 27.6 Å². The third-order valence-electron chi connectivity index (χ3n) is 4.13. The van der Waals surface area contributed by atoms with Crippen LogP contribution in [0.25, 0.3) is 0 Å². The SMILES string of the molecule is CC(c1ccccn1)C(Br)c1cc2c(s1)CCCCC2. The molecule has 2 heterocycles. The van der Waals surface area contributed by atoms with Gasteiger partial charge >= 0.3 is 0 Å². The summed E-state index contributed by atoms with van der Waals surface area (Å²) < 4.78 is 0. The van der Waals surface area contributed by atoms with Gasteiger partial charge in [0.05, 0.1) is 4.83 Å². The van der Waals surface area contributed by atoms with Crippen LogP contribution in [0.15, 0.2) is 30.5 Å². The van der Waals surface area contributed by atoms with Gasteiger partial charge in [0.2, 0.25) is 0 Å². The van der Waals surface area contributed by atoms with Crippen molar-refractivity contribution in [1.82, 2.24) is 4.98 Å². The molecule has 0 aromatic carbocycles. The Labute approximate surface area is 133 Å². The minimum absolute atomic E-state index is 0.370. The molecule has 0 aliphatic heterocycles. The van der Waals surface area contributed by atoms with Crippen LogP contribution in [-0.4, -0.2) is 4.98 Å². The third-order valence-corrected chi connectivity index (χ3v) is 7.04. The van der Waals surface area contributed by atoms with E-state index in [0.29, 0.717) is 10.7 Å². The Morgan fingerprint density at radius 3 is 2.85 bits per heavy atom. The largest absolute Gasteiger partial charge is 0.261 e. The highest BCUT2D eigenvalue weighted by Gasteiger charge is 2.23. The Morgan fingerprint density at radius 1 is 1.20 bits per heavy atom. The van der Waals surface area contributed by atoms with E-state index < -0.39 is 0 Å². The number of nitrogens with zero attached hydrogens (tertiary/aromatic N) is 1. The molecule has 2 unspecified atom stereocenters. The van der Waals surface area contributed by atoms with Crippen molar-refractivity contribution in [1.29, 1.82) is 0 Å². The third kappa shape index (κ3) is 2.99. The number of aryl methyl sites for hydroxylation is 2. The molecular weight excluding hydrogens is 330 g/mol. The van der Waals surface area contributed by atoms with E-state index in [1.807, 2.05) is 23.6 Å². The van der Waals surface area contributed by atoms with E-state index >= 15 is 0 Å². The summed E-state index contributed by atoms with van der Waals surface area (Å²) in [5, 5.41) is 0. The average molecular weight is 350 g/mol. The van der Waals surface area contributed by atoms with Crippen molar-refractivity contribution in [2.45, 2.75) is 49.8 Å². The summed E-state index contributed by atoms with van der Waals surface area (Å²) >= 11 is 5.91. The van der Waals surface area contributed by atoms with Gasteiger partial charge < -0.3 is 0 Å². The zero-order valence-corrected chi connectivity index (χ0v) is 14.2. The molecule has 0 bridgehead atoms. The van der Waals surface area contributed by atoms with Gasteiger partial charge in [-0.15, -0.1) is 11.3 Å². The van der Waals surface area contributed by atoms with Crippen molar-refractivity contribution in [3.63, 3.8) is 0 Å². The molecule has 2 aromatic rings. The first kappa shape index (κ1) is 14.3. The number of pyridine rings is 1. The van der Waals surface area contributed by atoms with E-state index in [0.717, 1.165) is 5.69 Å². The van der Waals surface area contributed by atoms with Crippen LogP contribution in [0.2, 0.25) is 0 Å². The predicted octanol–water partition coefficient (Wildman–Crippen LogP) is 5.65. The fourth-order valence-corrected chi connectivity index (χ4v) is 4.89. The summed E-state index contributed by atoms with van der Waals surface area (Å²) in [6, 6.07) is 8.61. The lowest BCUT2D eigenvalue weighted by Gasteiger charge is -2.16. The summed E-state index contributed by atoms with van der Waals surface area (Å²) in [4.78, 5) is 7.95. The molecule has 3 heteroatoms. The molecule has 0 saturated carbocycles. The molecule has 0 fully saturated rings. The van der Waals surface area contributed by atoms with Crippen LogP contribution in [0.5, 0.6) is 0 Å². The van der Waals surface area contributed by atoms with E-state index in [2.05, 4.69) is 46.0 Å². The fraction of sp³-hybridized carbons (Fsp3) is 0.471. The molecule has 1 nitrogen and oxygen atoms in total. The van der Waals surface area contributed by atoms with Gasteiger partial charge in [-0.05, 0) is 49.4 Å². The highest BCUT2D eigenvalue weighted by molar-refractivity contribution is 9.09. The summed E-state index contributed by atoms with van der Waals surface area (Å²) in [5.74, 6) is 0.401. The quantitative estimate of drug-likeness (QED) is 0.515. The zero-order valence-electron chi connectivity index (χ0n) is 11.8. The number of hydrogen-bond acceptors (Lipinski definition) is 2. The molecular formula is C17H20BrNS. The van der Waals surface area contributed by atoms with Crippen molar-refractivity contribution in [3.05, 3.63) is 51.5 Å². The lowest BCUT2D eigenvalue weighted by molar-refractivity contribution is 0.710. The molecule has 2 atom stereocenters. The predicted molar refractivity (Wildman–Crippen MR) is 89.9 cm³/mol. The maximum Gasteiger partial charge on any atom is 0.0570 e. The zero-order chi connectivity index (χ0) is 13.9. The Balaban J connectivity index is 1.82. The van der Waals surface area contributed by atoms with E-state index in [4.69, 9.17) is 0 Å². The molecule has 0 N–H and O–H groups in total. The second-order valence-corrected chi connectivity index (χ2v) is 7.76. The van der Waals surface area contributed by atoms with Crippen LogP contribution < -0.4 is 0 Å². The molecule has 20 heavy (non-hydrogen) atoms. The molecule has 0 amide bonds. The first-order chi connectivity index (χ1) is 9.75. The fourth-order valence-electron chi connectivity index (χ4n) is 2.87. The molecule has 0 saturated heterocycles. The minimum Gasteiger partial charge on any atom is -0.261 e. The lowest BCUT2D eigenvalue weighted by Crippen LogP contribution is -2.02. The van der Waals surface area contributed by atoms with Crippen molar-refractivity contribution in [2.24, 2.45) is 0 Å². The van der Waals surface area contributed by atoms with Crippen LogP contribution in [0.3, 0.4) is 0 Å². The summed E-state index contributed by atoms with van der Waals surface area (Å²) in [5.41, 5.74) is 2.76. The number of halogens is 1. The Morgan fingerprint density at radius 2 is 2.05 bits per heavy atom. The van der Waals surface area contributed by atoms with Gasteiger partial charge in [-0.2, -0.15) is 0 Å². The Kier molecular flexibility index (Phi) is 4.57. The van der Waals surface area contributed by atoms with Crippen molar-refractivity contribution in [2.75, 3.05) is 0 Å². The van der Waals surface area contributed by atoms with Gasteiger partial charge in [-0.25, -0.2) is 0 Å². The molecule has 3 rings (SSSR count). The van der Waals surface area contributed by atoms with Gasteiger partial charge in [0.25, 0.3) is 0 Å². The molecule has 2 aromatic heterocycles. The topological polar surface area (TPSA) is 12.9 Å². The molecule has 1 aliphatic carbocycles. The number of aromatic nitrogens is 1. The smallest absolute Gasteiger partial charge is 0.0570 e. The maximum atomic E-state index is 4.50. The second-order valence-electron chi connectivity index (χ2n) is 5.60. The monoisotopic (exact) mass is 349 g/mol. The maximum absolute atomic E-state index is 4.50. The molecule has 0 spiro atoms. The van der Waals surface area contributed by atoms with E-state index in [-0.39, 0.29) is 0 Å². The Hall–Kier alpha value is -0.670. The summed E-state index contributed by atoms with van der Waals surface area (Å²) in [7, 11) is 0. The van der Waals surface area contributed by atoms with Crippen LogP contribution in [0.1, 0.15) is 57.9 Å². The number of hydrogen-bond donors (Lipinski definition) is 0. The number of fused-ring (bicyclic) bond motifs is 1. The molecule has 106 valence electrons. The van der Waals surface area contributed by atoms with Gasteiger partial charge in [-0.3, -0.25) is 4.98 Å². The molecule has 0 radical (unpaired) electrons. The van der Waals surface area contributed by atoms with Crippen LogP contribution >= 0.6 is 27.3 Å². The normalized spacial score (nSPS) is 18.1. The lowest BCUT2D eigenvalue weighted by atomic mass is 10.0. The Bertz CT molecular complexity index is 540.